The minimum atomic E-state index is 0.238. The Morgan fingerprint density at radius 1 is 1.24 bits per heavy atom. The monoisotopic (exact) mass is 297 g/mol. The van der Waals surface area contributed by atoms with Gasteiger partial charge in [0.1, 0.15) is 0 Å². The van der Waals surface area contributed by atoms with Crippen molar-refractivity contribution < 1.29 is 4.74 Å². The molecule has 0 aromatic heterocycles. The van der Waals surface area contributed by atoms with Crippen LogP contribution in [0.4, 0.5) is 0 Å². The number of nitrogens with one attached hydrogen (secondary N) is 1. The Morgan fingerprint density at radius 2 is 1.95 bits per heavy atom. The van der Waals surface area contributed by atoms with Crippen molar-refractivity contribution in [2.45, 2.75) is 89.3 Å². The largest absolute Gasteiger partial charge is 0.378 e. The summed E-state index contributed by atoms with van der Waals surface area (Å²) >= 11 is 0. The van der Waals surface area contributed by atoms with E-state index >= 15 is 0 Å². The van der Waals surface area contributed by atoms with E-state index in [1.54, 1.807) is 0 Å². The Kier molecular flexibility index (Phi) is 6.93. The first-order valence-corrected chi connectivity index (χ1v) is 9.09. The van der Waals surface area contributed by atoms with E-state index in [9.17, 15) is 0 Å². The lowest BCUT2D eigenvalue weighted by Crippen LogP contribution is -2.61. The molecule has 4 heteroatoms. The number of likely N-dealkylation sites (tertiary alicyclic amines) is 1. The summed E-state index contributed by atoms with van der Waals surface area (Å²) < 4.78 is 5.74. The second-order valence-electron chi connectivity index (χ2n) is 6.79. The van der Waals surface area contributed by atoms with Gasteiger partial charge in [0.2, 0.25) is 0 Å². The molecule has 0 spiro atoms. The second-order valence-corrected chi connectivity index (χ2v) is 6.79. The lowest BCUT2D eigenvalue weighted by Gasteiger charge is -2.46. The fraction of sp³-hybridized carbons (Fsp3) is 1.00. The summed E-state index contributed by atoms with van der Waals surface area (Å²) in [4.78, 5) is 2.70. The molecule has 4 nitrogen and oxygen atoms in total. The van der Waals surface area contributed by atoms with Crippen LogP contribution in [0.5, 0.6) is 0 Å². The van der Waals surface area contributed by atoms with E-state index in [2.05, 4.69) is 24.2 Å². The zero-order valence-electron chi connectivity index (χ0n) is 14.1. The number of nitrogens with zero attached hydrogens (tertiary/aromatic N) is 1. The minimum Gasteiger partial charge on any atom is -0.378 e. The standard InChI is InChI=1S/C17H35N3O/c1-3-17(4-2,20-12-5-6-13-20)16(19-18)11-7-9-15-10-8-14-21-15/h15-16,19H,3-14,18H2,1-2H3. The van der Waals surface area contributed by atoms with Crippen molar-refractivity contribution in [1.82, 2.24) is 10.3 Å². The topological polar surface area (TPSA) is 50.5 Å². The predicted octanol–water partition coefficient (Wildman–Crippen LogP) is 2.82. The summed E-state index contributed by atoms with van der Waals surface area (Å²) in [7, 11) is 0. The summed E-state index contributed by atoms with van der Waals surface area (Å²) in [5.74, 6) is 5.96. The first-order valence-electron chi connectivity index (χ1n) is 9.09. The molecule has 2 unspecified atom stereocenters. The molecular weight excluding hydrogens is 262 g/mol. The Hall–Kier alpha value is -0.160. The van der Waals surface area contributed by atoms with Crippen molar-refractivity contribution in [1.29, 1.82) is 0 Å². The van der Waals surface area contributed by atoms with E-state index < -0.39 is 0 Å². The highest BCUT2D eigenvalue weighted by molar-refractivity contribution is 4.99. The minimum absolute atomic E-state index is 0.238. The van der Waals surface area contributed by atoms with Gasteiger partial charge in [-0.25, -0.2) is 0 Å². The molecule has 21 heavy (non-hydrogen) atoms. The molecule has 0 bridgehead atoms. The van der Waals surface area contributed by atoms with Gasteiger partial charge in [0.15, 0.2) is 0 Å². The SMILES string of the molecule is CCC(CC)(C(CCCC1CCCO1)NN)N1CCCC1. The van der Waals surface area contributed by atoms with Gasteiger partial charge >= 0.3 is 0 Å². The van der Waals surface area contributed by atoms with Gasteiger partial charge in [-0.15, -0.1) is 0 Å². The van der Waals surface area contributed by atoms with Crippen LogP contribution in [0.2, 0.25) is 0 Å². The fourth-order valence-electron chi connectivity index (χ4n) is 4.50. The van der Waals surface area contributed by atoms with Gasteiger partial charge in [0.25, 0.3) is 0 Å². The maximum atomic E-state index is 5.96. The second kappa shape index (κ2) is 8.47. The molecule has 124 valence electrons. The fourth-order valence-corrected chi connectivity index (χ4v) is 4.50. The number of ether oxygens (including phenoxy) is 1. The summed E-state index contributed by atoms with van der Waals surface area (Å²) in [6.07, 6.45) is 11.6. The van der Waals surface area contributed by atoms with Crippen LogP contribution in [0.3, 0.4) is 0 Å². The number of hydrazine groups is 1. The van der Waals surface area contributed by atoms with Crippen LogP contribution >= 0.6 is 0 Å². The van der Waals surface area contributed by atoms with Gasteiger partial charge in [0, 0.05) is 18.2 Å². The normalized spacial score (nSPS) is 25.6. The van der Waals surface area contributed by atoms with E-state index in [1.807, 2.05) is 0 Å². The lowest BCUT2D eigenvalue weighted by atomic mass is 9.80. The summed E-state index contributed by atoms with van der Waals surface area (Å²) in [6, 6.07) is 0.395. The molecule has 2 rings (SSSR count). The zero-order chi connectivity index (χ0) is 15.1. The van der Waals surface area contributed by atoms with Gasteiger partial charge in [-0.2, -0.15) is 0 Å². The number of rotatable bonds is 9. The molecule has 0 saturated carbocycles. The summed E-state index contributed by atoms with van der Waals surface area (Å²) in [6.45, 7) is 8.10. The molecule has 0 aromatic carbocycles. The van der Waals surface area contributed by atoms with E-state index in [0.717, 1.165) is 13.0 Å². The molecule has 2 atom stereocenters. The third-order valence-corrected chi connectivity index (χ3v) is 5.85. The van der Waals surface area contributed by atoms with Crippen LogP contribution in [-0.2, 0) is 4.74 Å². The molecular formula is C17H35N3O. The predicted molar refractivity (Wildman–Crippen MR) is 88.1 cm³/mol. The van der Waals surface area contributed by atoms with Crippen LogP contribution in [-0.4, -0.2) is 42.3 Å². The van der Waals surface area contributed by atoms with Gasteiger partial charge in [-0.1, -0.05) is 13.8 Å². The molecule has 0 aliphatic carbocycles. The van der Waals surface area contributed by atoms with Crippen LogP contribution in [0.25, 0.3) is 0 Å². The highest BCUT2D eigenvalue weighted by atomic mass is 16.5. The Morgan fingerprint density at radius 3 is 2.48 bits per heavy atom. The van der Waals surface area contributed by atoms with Crippen molar-refractivity contribution in [3.63, 3.8) is 0 Å². The van der Waals surface area contributed by atoms with E-state index in [-0.39, 0.29) is 5.54 Å². The van der Waals surface area contributed by atoms with Crippen molar-refractivity contribution in [2.75, 3.05) is 19.7 Å². The molecule has 2 fully saturated rings. The van der Waals surface area contributed by atoms with Crippen molar-refractivity contribution in [3.8, 4) is 0 Å². The smallest absolute Gasteiger partial charge is 0.0576 e. The highest BCUT2D eigenvalue weighted by Crippen LogP contribution is 2.33. The zero-order valence-corrected chi connectivity index (χ0v) is 14.1. The van der Waals surface area contributed by atoms with Crippen molar-refractivity contribution >= 4 is 0 Å². The summed E-state index contributed by atoms with van der Waals surface area (Å²) in [5.41, 5.74) is 3.40. The summed E-state index contributed by atoms with van der Waals surface area (Å²) in [5, 5.41) is 0. The van der Waals surface area contributed by atoms with E-state index in [0.29, 0.717) is 12.1 Å². The number of nitrogens with two attached hydrogens (primary N) is 1. The van der Waals surface area contributed by atoms with Crippen LogP contribution < -0.4 is 11.3 Å². The van der Waals surface area contributed by atoms with Crippen LogP contribution in [0.15, 0.2) is 0 Å². The third kappa shape index (κ3) is 3.98. The van der Waals surface area contributed by atoms with Crippen LogP contribution in [0, 0.1) is 0 Å². The van der Waals surface area contributed by atoms with Gasteiger partial charge in [-0.3, -0.25) is 16.2 Å². The van der Waals surface area contributed by atoms with Gasteiger partial charge in [-0.05, 0) is 70.9 Å². The third-order valence-electron chi connectivity index (χ3n) is 5.85. The molecule has 0 aromatic rings. The average Bonchev–Trinajstić information content (AvgIpc) is 3.20. The Labute approximate surface area is 130 Å². The van der Waals surface area contributed by atoms with Gasteiger partial charge in [0.05, 0.1) is 6.10 Å². The molecule has 0 amide bonds. The molecule has 2 heterocycles. The van der Waals surface area contributed by atoms with E-state index in [4.69, 9.17) is 10.6 Å². The number of hydrogen-bond acceptors (Lipinski definition) is 4. The van der Waals surface area contributed by atoms with Crippen molar-refractivity contribution in [3.05, 3.63) is 0 Å². The lowest BCUT2D eigenvalue weighted by molar-refractivity contribution is 0.0534. The van der Waals surface area contributed by atoms with Crippen molar-refractivity contribution in [2.24, 2.45) is 5.84 Å². The highest BCUT2D eigenvalue weighted by Gasteiger charge is 2.41. The Bertz CT molecular complexity index is 282. The van der Waals surface area contributed by atoms with Gasteiger partial charge < -0.3 is 4.74 Å². The molecule has 2 aliphatic heterocycles. The number of hydrogen-bond donors (Lipinski definition) is 2. The first kappa shape index (κ1) is 17.2. The quantitative estimate of drug-likeness (QED) is 0.507. The maximum Gasteiger partial charge on any atom is 0.0576 e. The van der Waals surface area contributed by atoms with Crippen LogP contribution in [0.1, 0.15) is 71.6 Å². The molecule has 0 radical (unpaired) electrons. The first-order chi connectivity index (χ1) is 10.3. The molecule has 2 aliphatic rings. The average molecular weight is 297 g/mol. The van der Waals surface area contributed by atoms with E-state index in [1.165, 1.54) is 64.5 Å². The molecule has 2 saturated heterocycles. The maximum absolute atomic E-state index is 5.96. The Balaban J connectivity index is 1.90. The molecule has 3 N–H and O–H groups in total.